The molecule has 1 unspecified atom stereocenters. The van der Waals surface area contributed by atoms with Crippen LogP contribution in [-0.2, 0) is 0 Å². The Kier molecular flexibility index (Phi) is 3.81. The maximum Gasteiger partial charge on any atom is 0.271 e. The van der Waals surface area contributed by atoms with Crippen LogP contribution >= 0.6 is 0 Å². The summed E-state index contributed by atoms with van der Waals surface area (Å²) < 4.78 is 0. The summed E-state index contributed by atoms with van der Waals surface area (Å²) in [5.41, 5.74) is 1.89. The van der Waals surface area contributed by atoms with E-state index in [1.165, 1.54) is 12.8 Å². The average molecular weight is 249 g/mol. The number of nitrogens with zero attached hydrogens (tertiary/aromatic N) is 2. The van der Waals surface area contributed by atoms with Gasteiger partial charge in [-0.2, -0.15) is 0 Å². The molecule has 0 radical (unpaired) electrons. The smallest absolute Gasteiger partial charge is 0.271 e. The standard InChI is InChI=1S/C13H19N3O2/c1-10-6-11(8-13(7-10)16(17)18)14-9-12-4-3-5-15(12)2/h6-8,12,14H,3-5,9H2,1-2H3. The Morgan fingerprint density at radius 3 is 2.89 bits per heavy atom. The first kappa shape index (κ1) is 12.8. The summed E-state index contributed by atoms with van der Waals surface area (Å²) in [6, 6.07) is 5.67. The van der Waals surface area contributed by atoms with Gasteiger partial charge in [0.05, 0.1) is 4.92 Å². The SMILES string of the molecule is Cc1cc(NCC2CCCN2C)cc([N+](=O)[O-])c1. The molecular formula is C13H19N3O2. The lowest BCUT2D eigenvalue weighted by molar-refractivity contribution is -0.384. The van der Waals surface area contributed by atoms with Gasteiger partial charge in [-0.25, -0.2) is 0 Å². The molecule has 0 amide bonds. The highest BCUT2D eigenvalue weighted by molar-refractivity contribution is 5.53. The molecule has 0 saturated carbocycles. The molecule has 2 rings (SSSR count). The van der Waals surface area contributed by atoms with Crippen LogP contribution in [0.2, 0.25) is 0 Å². The summed E-state index contributed by atoms with van der Waals surface area (Å²) in [5.74, 6) is 0. The second-order valence-electron chi connectivity index (χ2n) is 4.97. The lowest BCUT2D eigenvalue weighted by Gasteiger charge is -2.20. The Bertz CT molecular complexity index is 448. The number of likely N-dealkylation sites (tertiary alicyclic amines) is 1. The number of non-ortho nitro benzene ring substituents is 1. The fraction of sp³-hybridized carbons (Fsp3) is 0.538. The van der Waals surface area contributed by atoms with E-state index in [2.05, 4.69) is 17.3 Å². The van der Waals surface area contributed by atoms with Crippen LogP contribution < -0.4 is 5.32 Å². The Morgan fingerprint density at radius 1 is 1.50 bits per heavy atom. The van der Waals surface area contributed by atoms with E-state index in [1.54, 1.807) is 12.1 Å². The minimum Gasteiger partial charge on any atom is -0.383 e. The van der Waals surface area contributed by atoms with E-state index < -0.39 is 0 Å². The van der Waals surface area contributed by atoms with Crippen LogP contribution in [0.4, 0.5) is 11.4 Å². The molecule has 1 aromatic carbocycles. The van der Waals surface area contributed by atoms with Crippen molar-refractivity contribution >= 4 is 11.4 Å². The van der Waals surface area contributed by atoms with Gasteiger partial charge in [0.2, 0.25) is 0 Å². The van der Waals surface area contributed by atoms with Gasteiger partial charge in [0.25, 0.3) is 5.69 Å². The number of aryl methyl sites for hydroxylation is 1. The molecule has 1 aromatic rings. The number of anilines is 1. The first-order chi connectivity index (χ1) is 8.56. The molecular weight excluding hydrogens is 230 g/mol. The highest BCUT2D eigenvalue weighted by atomic mass is 16.6. The van der Waals surface area contributed by atoms with Gasteiger partial charge < -0.3 is 10.2 Å². The van der Waals surface area contributed by atoms with Crippen molar-refractivity contribution in [2.45, 2.75) is 25.8 Å². The van der Waals surface area contributed by atoms with Crippen molar-refractivity contribution < 1.29 is 4.92 Å². The summed E-state index contributed by atoms with van der Waals surface area (Å²) in [7, 11) is 2.12. The van der Waals surface area contributed by atoms with Gasteiger partial charge in [-0.05, 0) is 45.0 Å². The van der Waals surface area contributed by atoms with Gasteiger partial charge in [-0.15, -0.1) is 0 Å². The number of nitro benzene ring substituents is 1. The fourth-order valence-corrected chi connectivity index (χ4v) is 2.44. The van der Waals surface area contributed by atoms with Gasteiger partial charge >= 0.3 is 0 Å². The van der Waals surface area contributed by atoms with Crippen molar-refractivity contribution in [3.63, 3.8) is 0 Å². The fourth-order valence-electron chi connectivity index (χ4n) is 2.44. The Labute approximate surface area is 107 Å². The molecule has 1 aliphatic rings. The normalized spacial score (nSPS) is 20.0. The zero-order valence-electron chi connectivity index (χ0n) is 10.8. The van der Waals surface area contributed by atoms with Crippen LogP contribution in [0.25, 0.3) is 0 Å². The zero-order chi connectivity index (χ0) is 13.1. The lowest BCUT2D eigenvalue weighted by atomic mass is 10.1. The molecule has 0 aliphatic carbocycles. The number of benzene rings is 1. The largest absolute Gasteiger partial charge is 0.383 e. The number of likely N-dealkylation sites (N-methyl/N-ethyl adjacent to an activating group) is 1. The van der Waals surface area contributed by atoms with Gasteiger partial charge in [-0.3, -0.25) is 10.1 Å². The maximum atomic E-state index is 10.8. The minimum atomic E-state index is -0.347. The topological polar surface area (TPSA) is 58.4 Å². The summed E-state index contributed by atoms with van der Waals surface area (Å²) >= 11 is 0. The number of rotatable bonds is 4. The Morgan fingerprint density at radius 2 is 2.28 bits per heavy atom. The Hall–Kier alpha value is -1.62. The van der Waals surface area contributed by atoms with Crippen molar-refractivity contribution in [1.29, 1.82) is 0 Å². The predicted octanol–water partition coefficient (Wildman–Crippen LogP) is 2.41. The molecule has 1 fully saturated rings. The minimum absolute atomic E-state index is 0.150. The molecule has 1 saturated heterocycles. The van der Waals surface area contributed by atoms with Crippen molar-refractivity contribution in [2.75, 3.05) is 25.5 Å². The lowest BCUT2D eigenvalue weighted by Crippen LogP contribution is -2.31. The van der Waals surface area contributed by atoms with Crippen LogP contribution in [0.1, 0.15) is 18.4 Å². The van der Waals surface area contributed by atoms with E-state index in [0.29, 0.717) is 6.04 Å². The quantitative estimate of drug-likeness (QED) is 0.657. The number of hydrogen-bond donors (Lipinski definition) is 1. The van der Waals surface area contributed by atoms with Crippen LogP contribution in [0, 0.1) is 17.0 Å². The summed E-state index contributed by atoms with van der Waals surface area (Å²) in [4.78, 5) is 12.8. The van der Waals surface area contributed by atoms with E-state index in [1.807, 2.05) is 13.0 Å². The second-order valence-corrected chi connectivity index (χ2v) is 4.97. The first-order valence-electron chi connectivity index (χ1n) is 6.26. The third-order valence-corrected chi connectivity index (χ3v) is 3.49. The molecule has 1 atom stereocenters. The zero-order valence-corrected chi connectivity index (χ0v) is 10.8. The summed E-state index contributed by atoms with van der Waals surface area (Å²) in [6.07, 6.45) is 2.42. The average Bonchev–Trinajstić information content (AvgIpc) is 2.71. The molecule has 1 N–H and O–H groups in total. The first-order valence-corrected chi connectivity index (χ1v) is 6.26. The van der Waals surface area contributed by atoms with Gasteiger partial charge in [0.1, 0.15) is 0 Å². The van der Waals surface area contributed by atoms with E-state index in [4.69, 9.17) is 0 Å². The van der Waals surface area contributed by atoms with Crippen molar-refractivity contribution in [2.24, 2.45) is 0 Å². The summed E-state index contributed by atoms with van der Waals surface area (Å²) in [5, 5.41) is 14.1. The van der Waals surface area contributed by atoms with Crippen molar-refractivity contribution in [3.8, 4) is 0 Å². The molecule has 5 heteroatoms. The Balaban J connectivity index is 2.02. The monoisotopic (exact) mass is 249 g/mol. The van der Waals surface area contributed by atoms with Gasteiger partial charge in [0, 0.05) is 30.4 Å². The van der Waals surface area contributed by atoms with Crippen LogP contribution in [-0.4, -0.2) is 36.0 Å². The van der Waals surface area contributed by atoms with Crippen molar-refractivity contribution in [1.82, 2.24) is 4.90 Å². The van der Waals surface area contributed by atoms with E-state index in [-0.39, 0.29) is 10.6 Å². The summed E-state index contributed by atoms with van der Waals surface area (Å²) in [6.45, 7) is 3.86. The predicted molar refractivity (Wildman–Crippen MR) is 72.0 cm³/mol. The molecule has 98 valence electrons. The van der Waals surface area contributed by atoms with E-state index in [0.717, 1.165) is 24.3 Å². The molecule has 0 bridgehead atoms. The van der Waals surface area contributed by atoms with Crippen LogP contribution in [0.15, 0.2) is 18.2 Å². The molecule has 5 nitrogen and oxygen atoms in total. The van der Waals surface area contributed by atoms with Gasteiger partial charge in [0.15, 0.2) is 0 Å². The molecule has 18 heavy (non-hydrogen) atoms. The molecule has 0 spiro atoms. The maximum absolute atomic E-state index is 10.8. The number of nitro groups is 1. The van der Waals surface area contributed by atoms with Crippen LogP contribution in [0.3, 0.4) is 0 Å². The van der Waals surface area contributed by atoms with E-state index >= 15 is 0 Å². The molecule has 1 heterocycles. The van der Waals surface area contributed by atoms with E-state index in [9.17, 15) is 10.1 Å². The highest BCUT2D eigenvalue weighted by Gasteiger charge is 2.20. The second kappa shape index (κ2) is 5.35. The third-order valence-electron chi connectivity index (χ3n) is 3.49. The van der Waals surface area contributed by atoms with Gasteiger partial charge in [-0.1, -0.05) is 0 Å². The third kappa shape index (κ3) is 2.98. The number of nitrogens with one attached hydrogen (secondary N) is 1. The molecule has 1 aliphatic heterocycles. The van der Waals surface area contributed by atoms with Crippen molar-refractivity contribution in [3.05, 3.63) is 33.9 Å². The molecule has 0 aromatic heterocycles. The van der Waals surface area contributed by atoms with Crippen LogP contribution in [0.5, 0.6) is 0 Å². The number of hydrogen-bond acceptors (Lipinski definition) is 4. The highest BCUT2D eigenvalue weighted by Crippen LogP contribution is 2.21.